The van der Waals surface area contributed by atoms with Crippen molar-refractivity contribution in [3.63, 3.8) is 0 Å². The number of aliphatic hydroxyl groups excluding tert-OH is 1. The molecule has 0 aromatic carbocycles. The van der Waals surface area contributed by atoms with Crippen LogP contribution in [0.2, 0.25) is 0 Å². The van der Waals surface area contributed by atoms with E-state index in [-0.39, 0.29) is 12.3 Å². The summed E-state index contributed by atoms with van der Waals surface area (Å²) in [6.45, 7) is 1.87. The van der Waals surface area contributed by atoms with Gasteiger partial charge in [0.15, 0.2) is 5.16 Å². The molecule has 0 fully saturated rings. The zero-order valence-corrected chi connectivity index (χ0v) is 10.3. The van der Waals surface area contributed by atoms with Crippen LogP contribution in [0.3, 0.4) is 0 Å². The highest BCUT2D eigenvalue weighted by Gasteiger charge is 2.09. The molecule has 0 aliphatic carbocycles. The number of aryl methyl sites for hydroxylation is 1. The summed E-state index contributed by atoms with van der Waals surface area (Å²) in [5.41, 5.74) is 1.46. The van der Waals surface area contributed by atoms with E-state index in [1.807, 2.05) is 13.0 Å². The Morgan fingerprint density at radius 2 is 2.35 bits per heavy atom. The molecule has 0 amide bonds. The highest BCUT2D eigenvalue weighted by molar-refractivity contribution is 7.99. The highest BCUT2D eigenvalue weighted by atomic mass is 32.2. The van der Waals surface area contributed by atoms with Crippen LogP contribution < -0.4 is 5.69 Å². The molecule has 0 radical (unpaired) electrons. The Hall–Kier alpha value is -1.60. The maximum absolute atomic E-state index is 11.2. The van der Waals surface area contributed by atoms with E-state index in [0.29, 0.717) is 5.16 Å². The summed E-state index contributed by atoms with van der Waals surface area (Å²) in [6, 6.07) is 1.86. The Morgan fingerprint density at radius 3 is 2.88 bits per heavy atom. The van der Waals surface area contributed by atoms with E-state index in [9.17, 15) is 4.79 Å². The Labute approximate surface area is 102 Å². The van der Waals surface area contributed by atoms with Crippen LogP contribution in [0.1, 0.15) is 11.1 Å². The van der Waals surface area contributed by atoms with E-state index in [1.165, 1.54) is 16.3 Å². The highest BCUT2D eigenvalue weighted by Crippen LogP contribution is 2.25. The molecule has 2 aromatic rings. The van der Waals surface area contributed by atoms with Gasteiger partial charge in [-0.2, -0.15) is 0 Å². The first-order valence-corrected chi connectivity index (χ1v) is 5.79. The topological polar surface area (TPSA) is 83.8 Å². The van der Waals surface area contributed by atoms with Gasteiger partial charge in [0.2, 0.25) is 0 Å². The van der Waals surface area contributed by atoms with Gasteiger partial charge in [0.1, 0.15) is 5.03 Å². The van der Waals surface area contributed by atoms with Crippen molar-refractivity contribution >= 4 is 11.8 Å². The van der Waals surface area contributed by atoms with Gasteiger partial charge < -0.3 is 5.11 Å². The van der Waals surface area contributed by atoms with Gasteiger partial charge in [-0.25, -0.2) is 14.9 Å². The van der Waals surface area contributed by atoms with Crippen LogP contribution in [0.15, 0.2) is 27.2 Å². The van der Waals surface area contributed by atoms with Gasteiger partial charge >= 0.3 is 5.69 Å². The third kappa shape index (κ3) is 2.40. The molecule has 17 heavy (non-hydrogen) atoms. The zero-order chi connectivity index (χ0) is 12.4. The predicted octanol–water partition coefficient (Wildman–Crippen LogP) is 0.455. The summed E-state index contributed by atoms with van der Waals surface area (Å²) in [7, 11) is 1.64. The van der Waals surface area contributed by atoms with E-state index in [1.54, 1.807) is 13.2 Å². The van der Waals surface area contributed by atoms with Crippen molar-refractivity contribution in [1.29, 1.82) is 0 Å². The molecule has 2 heterocycles. The lowest BCUT2D eigenvalue weighted by atomic mass is 10.2. The van der Waals surface area contributed by atoms with Crippen molar-refractivity contribution < 1.29 is 5.11 Å². The molecule has 0 unspecified atom stereocenters. The largest absolute Gasteiger partial charge is 0.392 e. The minimum Gasteiger partial charge on any atom is -0.392 e. The number of aliphatic hydroxyl groups is 1. The first-order valence-electron chi connectivity index (χ1n) is 4.97. The van der Waals surface area contributed by atoms with Crippen LogP contribution in [-0.4, -0.2) is 24.9 Å². The number of H-pyrrole nitrogens is 1. The fourth-order valence-corrected chi connectivity index (χ4v) is 2.13. The summed E-state index contributed by atoms with van der Waals surface area (Å²) in [5, 5.41) is 16.6. The first-order chi connectivity index (χ1) is 8.11. The van der Waals surface area contributed by atoms with Gasteiger partial charge in [-0.15, -0.1) is 5.10 Å². The van der Waals surface area contributed by atoms with Crippen molar-refractivity contribution in [3.05, 3.63) is 33.9 Å². The van der Waals surface area contributed by atoms with Crippen molar-refractivity contribution in [2.75, 3.05) is 0 Å². The van der Waals surface area contributed by atoms with Gasteiger partial charge in [-0.1, -0.05) is 0 Å². The molecule has 0 bridgehead atoms. The van der Waals surface area contributed by atoms with Gasteiger partial charge in [-0.3, -0.25) is 4.57 Å². The third-order valence-corrected chi connectivity index (χ3v) is 3.46. The predicted molar refractivity (Wildman–Crippen MR) is 62.8 cm³/mol. The molecule has 0 aliphatic heterocycles. The van der Waals surface area contributed by atoms with Gasteiger partial charge in [0, 0.05) is 13.2 Å². The lowest BCUT2D eigenvalue weighted by Gasteiger charge is -2.04. The smallest absolute Gasteiger partial charge is 0.343 e. The minimum atomic E-state index is -0.253. The summed E-state index contributed by atoms with van der Waals surface area (Å²) >= 11 is 1.31. The van der Waals surface area contributed by atoms with Crippen molar-refractivity contribution in [2.24, 2.45) is 7.05 Å². The monoisotopic (exact) mass is 252 g/mol. The number of nitrogens with one attached hydrogen (secondary N) is 1. The van der Waals surface area contributed by atoms with Crippen LogP contribution in [-0.2, 0) is 13.7 Å². The number of pyridine rings is 1. The average Bonchev–Trinajstić information content (AvgIpc) is 2.63. The van der Waals surface area contributed by atoms with E-state index in [4.69, 9.17) is 5.11 Å². The normalized spacial score (nSPS) is 10.8. The molecule has 0 spiro atoms. The molecular weight excluding hydrogens is 240 g/mol. The van der Waals surface area contributed by atoms with E-state index >= 15 is 0 Å². The van der Waals surface area contributed by atoms with E-state index in [2.05, 4.69) is 15.2 Å². The molecule has 0 saturated heterocycles. The van der Waals surface area contributed by atoms with Gasteiger partial charge in [-0.05, 0) is 35.9 Å². The Kier molecular flexibility index (Phi) is 3.30. The zero-order valence-electron chi connectivity index (χ0n) is 9.47. The van der Waals surface area contributed by atoms with Crippen LogP contribution in [0.4, 0.5) is 0 Å². The SMILES string of the molecule is Cc1cc(CO)cnc1Sc1n[nH]c(=O)n1C. The second-order valence-electron chi connectivity index (χ2n) is 3.60. The van der Waals surface area contributed by atoms with Crippen LogP contribution in [0, 0.1) is 6.92 Å². The number of hydrogen-bond donors (Lipinski definition) is 2. The molecule has 2 aromatic heterocycles. The first kappa shape index (κ1) is 11.9. The quantitative estimate of drug-likeness (QED) is 0.829. The molecule has 90 valence electrons. The third-order valence-electron chi connectivity index (χ3n) is 2.30. The average molecular weight is 252 g/mol. The summed E-state index contributed by atoms with van der Waals surface area (Å²) < 4.78 is 1.42. The Balaban J connectivity index is 2.30. The number of nitrogens with zero attached hydrogens (tertiary/aromatic N) is 3. The Morgan fingerprint density at radius 1 is 1.59 bits per heavy atom. The minimum absolute atomic E-state index is 0.0281. The number of aromatic amines is 1. The molecule has 2 N–H and O–H groups in total. The molecule has 2 rings (SSSR count). The molecule has 0 atom stereocenters. The molecule has 7 heteroatoms. The summed E-state index contributed by atoms with van der Waals surface area (Å²) in [6.07, 6.45) is 1.61. The molecule has 0 aliphatic rings. The molecule has 6 nitrogen and oxygen atoms in total. The maximum Gasteiger partial charge on any atom is 0.343 e. The fourth-order valence-electron chi connectivity index (χ4n) is 1.32. The molecular formula is C10H12N4O2S. The van der Waals surface area contributed by atoms with E-state index in [0.717, 1.165) is 16.2 Å². The second kappa shape index (κ2) is 4.72. The lowest BCUT2D eigenvalue weighted by molar-refractivity contribution is 0.281. The molecule has 0 saturated carbocycles. The number of hydrogen-bond acceptors (Lipinski definition) is 5. The van der Waals surface area contributed by atoms with Crippen LogP contribution >= 0.6 is 11.8 Å². The maximum atomic E-state index is 11.2. The summed E-state index contributed by atoms with van der Waals surface area (Å²) in [5.74, 6) is 0. The summed E-state index contributed by atoms with van der Waals surface area (Å²) in [4.78, 5) is 15.4. The van der Waals surface area contributed by atoms with Crippen molar-refractivity contribution in [2.45, 2.75) is 23.7 Å². The standard InChI is InChI=1S/C10H12N4O2S/c1-6-3-7(5-15)4-11-8(6)17-10-13-12-9(16)14(10)2/h3-4,15H,5H2,1-2H3,(H,12,16). The fraction of sp³-hybridized carbons (Fsp3) is 0.300. The van der Waals surface area contributed by atoms with Gasteiger partial charge in [0.05, 0.1) is 6.61 Å². The number of aromatic nitrogens is 4. The Bertz CT molecular complexity index is 590. The van der Waals surface area contributed by atoms with Crippen molar-refractivity contribution in [1.82, 2.24) is 19.7 Å². The van der Waals surface area contributed by atoms with Crippen molar-refractivity contribution in [3.8, 4) is 0 Å². The second-order valence-corrected chi connectivity index (χ2v) is 4.55. The number of rotatable bonds is 3. The lowest BCUT2D eigenvalue weighted by Crippen LogP contribution is -2.12. The van der Waals surface area contributed by atoms with Gasteiger partial charge in [0.25, 0.3) is 0 Å². The van der Waals surface area contributed by atoms with E-state index < -0.39 is 0 Å². The van der Waals surface area contributed by atoms with Crippen LogP contribution in [0.5, 0.6) is 0 Å². The van der Waals surface area contributed by atoms with Crippen LogP contribution in [0.25, 0.3) is 0 Å².